The number of alkyl halides is 3. The molecule has 1 aliphatic carbocycles. The van der Waals surface area contributed by atoms with E-state index in [2.05, 4.69) is 9.73 Å². The fraction of sp³-hybridized carbons (Fsp3) is 0.267. The Labute approximate surface area is 149 Å². The molecule has 9 nitrogen and oxygen atoms in total. The van der Waals surface area contributed by atoms with E-state index in [1.165, 1.54) is 19.3 Å². The summed E-state index contributed by atoms with van der Waals surface area (Å²) < 4.78 is 45.9. The van der Waals surface area contributed by atoms with Gasteiger partial charge in [-0.15, -0.1) is 13.2 Å². The summed E-state index contributed by atoms with van der Waals surface area (Å²) in [6.45, 7) is 0. The van der Waals surface area contributed by atoms with Crippen LogP contribution in [0.25, 0.3) is 0 Å². The van der Waals surface area contributed by atoms with Gasteiger partial charge >= 0.3 is 17.7 Å². The maximum Gasteiger partial charge on any atom is 0.573 e. The maximum atomic E-state index is 12.4. The van der Waals surface area contributed by atoms with Crippen LogP contribution in [-0.2, 0) is 0 Å². The van der Waals surface area contributed by atoms with E-state index >= 15 is 0 Å². The third-order valence-electron chi connectivity index (χ3n) is 3.55. The predicted molar refractivity (Wildman–Crippen MR) is 85.8 cm³/mol. The first kappa shape index (κ1) is 19.9. The van der Waals surface area contributed by atoms with Crippen molar-refractivity contribution in [2.75, 3.05) is 7.11 Å². The van der Waals surface area contributed by atoms with Gasteiger partial charge in [-0.3, -0.25) is 20.2 Å². The summed E-state index contributed by atoms with van der Waals surface area (Å²) in [4.78, 5) is 24.6. The van der Waals surface area contributed by atoms with Crippen LogP contribution in [0.15, 0.2) is 47.1 Å². The van der Waals surface area contributed by atoms with E-state index in [1.807, 2.05) is 0 Å². The Balaban J connectivity index is 2.49. The number of aliphatic imine (C=N–C) groups is 1. The van der Waals surface area contributed by atoms with Gasteiger partial charge in [0.05, 0.1) is 23.4 Å². The average Bonchev–Trinajstić information content (AvgIpc) is 2.58. The van der Waals surface area contributed by atoms with Gasteiger partial charge in [0.15, 0.2) is 0 Å². The summed E-state index contributed by atoms with van der Waals surface area (Å²) in [5, 5.41) is 22.7. The van der Waals surface area contributed by atoms with Crippen molar-refractivity contribution in [3.05, 3.63) is 67.9 Å². The summed E-state index contributed by atoms with van der Waals surface area (Å²) in [5.41, 5.74) is -3.27. The van der Waals surface area contributed by atoms with Crippen LogP contribution >= 0.6 is 0 Å². The van der Waals surface area contributed by atoms with Crippen molar-refractivity contribution in [2.45, 2.75) is 18.4 Å². The molecule has 12 heteroatoms. The maximum absolute atomic E-state index is 12.4. The first-order chi connectivity index (χ1) is 12.6. The number of allylic oxidation sites excluding steroid dienone is 2. The van der Waals surface area contributed by atoms with E-state index in [0.717, 1.165) is 30.5 Å². The smallest absolute Gasteiger partial charge is 0.496 e. The van der Waals surface area contributed by atoms with Crippen LogP contribution in [-0.4, -0.2) is 35.2 Å². The van der Waals surface area contributed by atoms with Crippen molar-refractivity contribution in [2.24, 2.45) is 4.99 Å². The molecular formula is C15H12F3N3O6. The monoisotopic (exact) mass is 387 g/mol. The highest BCUT2D eigenvalue weighted by Gasteiger charge is 2.54. The second-order valence-corrected chi connectivity index (χ2v) is 5.22. The normalized spacial score (nSPS) is 19.6. The topological polar surface area (TPSA) is 117 Å². The Hall–Kier alpha value is -3.44. The van der Waals surface area contributed by atoms with E-state index in [9.17, 15) is 33.4 Å². The molecule has 0 radical (unpaired) electrons. The molecule has 0 heterocycles. The average molecular weight is 387 g/mol. The van der Waals surface area contributed by atoms with Gasteiger partial charge in [0.1, 0.15) is 11.5 Å². The number of nitro groups is 2. The minimum atomic E-state index is -4.94. The van der Waals surface area contributed by atoms with Crippen LogP contribution in [0, 0.1) is 20.2 Å². The summed E-state index contributed by atoms with van der Waals surface area (Å²) in [6, 6.07) is 3.03. The number of ether oxygens (including phenoxy) is 2. The van der Waals surface area contributed by atoms with E-state index in [0.29, 0.717) is 0 Å². The highest BCUT2D eigenvalue weighted by Crippen LogP contribution is 2.32. The highest BCUT2D eigenvalue weighted by molar-refractivity contribution is 5.84. The number of hydrogen-bond donors (Lipinski definition) is 0. The number of rotatable bonds is 6. The number of methoxy groups -OCH3 is 1. The third kappa shape index (κ3) is 4.40. The van der Waals surface area contributed by atoms with E-state index in [-0.39, 0.29) is 11.3 Å². The lowest BCUT2D eigenvalue weighted by atomic mass is 9.98. The molecule has 0 amide bonds. The third-order valence-corrected chi connectivity index (χ3v) is 3.55. The largest absolute Gasteiger partial charge is 0.573 e. The Morgan fingerprint density at radius 3 is 2.56 bits per heavy atom. The summed E-state index contributed by atoms with van der Waals surface area (Å²) in [7, 11) is 1.23. The van der Waals surface area contributed by atoms with Gasteiger partial charge in [-0.1, -0.05) is 12.2 Å². The van der Waals surface area contributed by atoms with Crippen LogP contribution in [0.5, 0.6) is 11.5 Å². The van der Waals surface area contributed by atoms with Crippen molar-refractivity contribution in [1.29, 1.82) is 0 Å². The SMILES string of the molecule is COc1ccc(OC(F)(F)F)cc1/C=N/C1([N+](=O)[O-])CC=CC=C1[N+](=O)[O-]. The summed E-state index contributed by atoms with van der Waals surface area (Å²) >= 11 is 0. The molecule has 1 aromatic carbocycles. The fourth-order valence-corrected chi connectivity index (χ4v) is 2.36. The minimum absolute atomic E-state index is 0.0461. The Bertz CT molecular complexity index is 850. The first-order valence-corrected chi connectivity index (χ1v) is 7.24. The van der Waals surface area contributed by atoms with Gasteiger partial charge < -0.3 is 9.47 Å². The zero-order valence-electron chi connectivity index (χ0n) is 13.7. The van der Waals surface area contributed by atoms with Gasteiger partial charge in [0, 0.05) is 17.9 Å². The molecule has 1 aliphatic rings. The van der Waals surface area contributed by atoms with Crippen LogP contribution in [0.3, 0.4) is 0 Å². The molecule has 1 unspecified atom stereocenters. The van der Waals surface area contributed by atoms with Crippen LogP contribution in [0.1, 0.15) is 12.0 Å². The molecule has 1 atom stereocenters. The molecule has 2 rings (SSSR count). The number of halogens is 3. The molecule has 0 bridgehead atoms. The zero-order valence-corrected chi connectivity index (χ0v) is 13.7. The molecule has 0 N–H and O–H groups in total. The van der Waals surface area contributed by atoms with Crippen molar-refractivity contribution < 1.29 is 32.5 Å². The van der Waals surface area contributed by atoms with Gasteiger partial charge in [0.25, 0.3) is 0 Å². The van der Waals surface area contributed by atoms with Crippen LogP contribution < -0.4 is 9.47 Å². The molecule has 0 aromatic heterocycles. The standard InChI is InChI=1S/C15H12F3N3O6/c1-26-12-6-5-11(27-15(16,17)18)8-10(12)9-19-14(21(24)25)7-3-2-4-13(14)20(22)23/h2-6,8-9H,7H2,1H3/b19-9+. The quantitative estimate of drug-likeness (QED) is 0.421. The second-order valence-electron chi connectivity index (χ2n) is 5.22. The van der Waals surface area contributed by atoms with Gasteiger partial charge in [-0.25, -0.2) is 4.99 Å². The molecule has 27 heavy (non-hydrogen) atoms. The number of benzene rings is 1. The van der Waals surface area contributed by atoms with Crippen LogP contribution in [0.4, 0.5) is 13.2 Å². The number of hydrogen-bond acceptors (Lipinski definition) is 7. The molecule has 0 spiro atoms. The molecule has 0 aliphatic heterocycles. The van der Waals surface area contributed by atoms with Gasteiger partial charge in [0.2, 0.25) is 0 Å². The summed E-state index contributed by atoms with van der Waals surface area (Å²) in [6.07, 6.45) is -0.933. The molecule has 0 saturated carbocycles. The summed E-state index contributed by atoms with van der Waals surface area (Å²) in [5.74, 6) is -0.557. The van der Waals surface area contributed by atoms with E-state index in [1.54, 1.807) is 0 Å². The number of nitrogens with zero attached hydrogens (tertiary/aromatic N) is 3. The highest BCUT2D eigenvalue weighted by atomic mass is 19.4. The first-order valence-electron chi connectivity index (χ1n) is 7.24. The Kier molecular flexibility index (Phi) is 5.47. The molecular weight excluding hydrogens is 375 g/mol. The molecule has 144 valence electrons. The van der Waals surface area contributed by atoms with E-state index < -0.39 is 39.7 Å². The minimum Gasteiger partial charge on any atom is -0.496 e. The molecule has 0 fully saturated rings. The van der Waals surface area contributed by atoms with Crippen molar-refractivity contribution in [1.82, 2.24) is 0 Å². The zero-order chi connectivity index (χ0) is 20.2. The van der Waals surface area contributed by atoms with E-state index in [4.69, 9.17) is 4.74 Å². The van der Waals surface area contributed by atoms with Crippen molar-refractivity contribution in [3.8, 4) is 11.5 Å². The van der Waals surface area contributed by atoms with Gasteiger partial charge in [-0.2, -0.15) is 0 Å². The molecule has 0 saturated heterocycles. The Morgan fingerprint density at radius 2 is 2.00 bits per heavy atom. The molecule has 1 aromatic rings. The van der Waals surface area contributed by atoms with Crippen LogP contribution in [0.2, 0.25) is 0 Å². The second kappa shape index (κ2) is 7.43. The Morgan fingerprint density at radius 1 is 1.30 bits per heavy atom. The predicted octanol–water partition coefficient (Wildman–Crippen LogP) is 3.11. The van der Waals surface area contributed by atoms with Gasteiger partial charge in [-0.05, 0) is 18.2 Å². The van der Waals surface area contributed by atoms with Crippen molar-refractivity contribution >= 4 is 6.21 Å². The lowest BCUT2D eigenvalue weighted by Crippen LogP contribution is -2.42. The van der Waals surface area contributed by atoms with Crippen molar-refractivity contribution in [3.63, 3.8) is 0 Å². The fourth-order valence-electron chi connectivity index (χ4n) is 2.36. The lowest BCUT2D eigenvalue weighted by Gasteiger charge is -2.19. The lowest BCUT2D eigenvalue weighted by molar-refractivity contribution is -0.594.